The lowest BCUT2D eigenvalue weighted by Crippen LogP contribution is -2.27. The molecule has 3 rings (SSSR count). The highest BCUT2D eigenvalue weighted by Gasteiger charge is 2.13. The van der Waals surface area contributed by atoms with E-state index in [0.717, 1.165) is 29.7 Å². The summed E-state index contributed by atoms with van der Waals surface area (Å²) in [5.41, 5.74) is 4.43. The Morgan fingerprint density at radius 1 is 1.12 bits per heavy atom. The third-order valence-electron chi connectivity index (χ3n) is 4.27. The molecule has 1 unspecified atom stereocenters. The van der Waals surface area contributed by atoms with Gasteiger partial charge in [0.15, 0.2) is 0 Å². The zero-order valence-corrected chi connectivity index (χ0v) is 14.2. The van der Waals surface area contributed by atoms with E-state index in [4.69, 9.17) is 0 Å². The number of nitrogens with one attached hydrogen (secondary N) is 2. The van der Waals surface area contributed by atoms with Gasteiger partial charge in [-0.15, -0.1) is 0 Å². The molecular formula is C20H23N3O. The zero-order valence-electron chi connectivity index (χ0n) is 14.2. The van der Waals surface area contributed by atoms with Crippen molar-refractivity contribution < 1.29 is 4.79 Å². The van der Waals surface area contributed by atoms with Crippen LogP contribution in [0, 0.1) is 0 Å². The third-order valence-corrected chi connectivity index (χ3v) is 4.27. The fourth-order valence-corrected chi connectivity index (χ4v) is 2.76. The van der Waals surface area contributed by atoms with Gasteiger partial charge in [-0.1, -0.05) is 43.3 Å². The summed E-state index contributed by atoms with van der Waals surface area (Å²) in [7, 11) is 0. The summed E-state index contributed by atoms with van der Waals surface area (Å²) in [5, 5.41) is 3.02. The van der Waals surface area contributed by atoms with Crippen LogP contribution in [0.2, 0.25) is 0 Å². The van der Waals surface area contributed by atoms with E-state index >= 15 is 0 Å². The molecule has 0 spiro atoms. The third kappa shape index (κ3) is 3.82. The number of carbonyl (C=O) groups excluding carboxylic acids is 1. The number of imidazole rings is 1. The first-order valence-electron chi connectivity index (χ1n) is 8.47. The average molecular weight is 321 g/mol. The van der Waals surface area contributed by atoms with E-state index in [2.05, 4.69) is 46.5 Å². The summed E-state index contributed by atoms with van der Waals surface area (Å²) in [5.74, 6) is 0.833. The Kier molecular flexibility index (Phi) is 4.94. The fraction of sp³-hybridized carbons (Fsp3) is 0.300. The highest BCUT2D eigenvalue weighted by Crippen LogP contribution is 2.15. The molecule has 1 aromatic heterocycles. The molecule has 0 saturated carbocycles. The van der Waals surface area contributed by atoms with Crippen molar-refractivity contribution in [2.45, 2.75) is 39.2 Å². The lowest BCUT2D eigenvalue weighted by Gasteiger charge is -2.11. The van der Waals surface area contributed by atoms with Crippen LogP contribution in [0.15, 0.2) is 48.5 Å². The van der Waals surface area contributed by atoms with Crippen LogP contribution in [0.5, 0.6) is 0 Å². The molecule has 1 atom stereocenters. The topological polar surface area (TPSA) is 57.8 Å². The Morgan fingerprint density at radius 2 is 1.83 bits per heavy atom. The monoisotopic (exact) mass is 321 g/mol. The van der Waals surface area contributed by atoms with Crippen LogP contribution in [0.25, 0.3) is 11.0 Å². The largest absolute Gasteiger partial charge is 0.346 e. The number of benzene rings is 2. The summed E-state index contributed by atoms with van der Waals surface area (Å²) >= 11 is 0. The number of para-hydroxylation sites is 2. The van der Waals surface area contributed by atoms with E-state index < -0.39 is 0 Å². The Morgan fingerprint density at radius 3 is 2.54 bits per heavy atom. The number of H-pyrrole nitrogens is 1. The molecule has 4 nitrogen and oxygen atoms in total. The van der Waals surface area contributed by atoms with Crippen LogP contribution in [0.3, 0.4) is 0 Å². The van der Waals surface area contributed by atoms with E-state index in [0.29, 0.717) is 6.42 Å². The second-order valence-electron chi connectivity index (χ2n) is 6.10. The molecule has 1 heterocycles. The predicted molar refractivity (Wildman–Crippen MR) is 96.8 cm³/mol. The molecule has 124 valence electrons. The number of aromatic nitrogens is 2. The van der Waals surface area contributed by atoms with E-state index in [-0.39, 0.29) is 11.9 Å². The van der Waals surface area contributed by atoms with Crippen LogP contribution < -0.4 is 5.32 Å². The van der Waals surface area contributed by atoms with Crippen LogP contribution in [0.4, 0.5) is 0 Å². The lowest BCUT2D eigenvalue weighted by atomic mass is 10.1. The molecule has 0 aliphatic rings. The van der Waals surface area contributed by atoms with E-state index in [9.17, 15) is 4.79 Å². The van der Waals surface area contributed by atoms with Crippen LogP contribution >= 0.6 is 0 Å². The van der Waals surface area contributed by atoms with Crippen molar-refractivity contribution in [2.24, 2.45) is 0 Å². The van der Waals surface area contributed by atoms with Gasteiger partial charge in [-0.25, -0.2) is 4.98 Å². The van der Waals surface area contributed by atoms with Crippen LogP contribution in [-0.4, -0.2) is 15.9 Å². The summed E-state index contributed by atoms with van der Waals surface area (Å²) < 4.78 is 0. The second kappa shape index (κ2) is 7.30. The number of fused-ring (bicyclic) bond motifs is 1. The van der Waals surface area contributed by atoms with Crippen molar-refractivity contribution in [2.75, 3.05) is 0 Å². The number of carbonyl (C=O) groups is 1. The van der Waals surface area contributed by atoms with Gasteiger partial charge in [0.05, 0.1) is 17.1 Å². The Balaban J connectivity index is 1.55. The molecule has 4 heteroatoms. The van der Waals surface area contributed by atoms with Crippen molar-refractivity contribution in [3.63, 3.8) is 0 Å². The second-order valence-corrected chi connectivity index (χ2v) is 6.10. The Bertz CT molecular complexity index is 787. The standard InChI is InChI=1S/C20H23N3O/c1-3-15-8-10-16(11-9-15)12-13-19(24)21-14(2)20-22-17-6-4-5-7-18(17)23-20/h4-11,14H,3,12-13H2,1-2H3,(H,21,24)(H,22,23). The molecular weight excluding hydrogens is 298 g/mol. The number of hydrogen-bond donors (Lipinski definition) is 2. The minimum atomic E-state index is -0.132. The fourth-order valence-electron chi connectivity index (χ4n) is 2.76. The lowest BCUT2D eigenvalue weighted by molar-refractivity contribution is -0.121. The number of hydrogen-bond acceptors (Lipinski definition) is 2. The van der Waals surface area contributed by atoms with Gasteiger partial charge in [-0.3, -0.25) is 4.79 Å². The normalized spacial score (nSPS) is 12.2. The Labute approximate surface area is 142 Å². The SMILES string of the molecule is CCc1ccc(CCC(=O)NC(C)c2nc3ccccc3[nH]2)cc1. The van der Waals surface area contributed by atoms with Gasteiger partial charge in [0.1, 0.15) is 5.82 Å². The summed E-state index contributed by atoms with van der Waals surface area (Å²) in [6.45, 7) is 4.09. The van der Waals surface area contributed by atoms with Gasteiger partial charge in [0, 0.05) is 6.42 Å². The first-order valence-corrected chi connectivity index (χ1v) is 8.47. The number of aromatic amines is 1. The number of amides is 1. The molecule has 0 bridgehead atoms. The maximum absolute atomic E-state index is 12.2. The highest BCUT2D eigenvalue weighted by molar-refractivity contribution is 5.77. The van der Waals surface area contributed by atoms with Crippen molar-refractivity contribution in [1.82, 2.24) is 15.3 Å². The maximum atomic E-state index is 12.2. The van der Waals surface area contributed by atoms with E-state index in [1.807, 2.05) is 31.2 Å². The molecule has 1 amide bonds. The molecule has 0 aliphatic carbocycles. The summed E-state index contributed by atoms with van der Waals surface area (Å²) in [6.07, 6.45) is 2.27. The number of rotatable bonds is 6. The van der Waals surface area contributed by atoms with Gasteiger partial charge in [-0.05, 0) is 43.0 Å². The van der Waals surface area contributed by atoms with Gasteiger partial charge < -0.3 is 10.3 Å². The maximum Gasteiger partial charge on any atom is 0.220 e. The molecule has 24 heavy (non-hydrogen) atoms. The van der Waals surface area contributed by atoms with Crippen LogP contribution in [0.1, 0.15) is 43.3 Å². The van der Waals surface area contributed by atoms with Gasteiger partial charge in [0.2, 0.25) is 5.91 Å². The van der Waals surface area contributed by atoms with Gasteiger partial charge >= 0.3 is 0 Å². The smallest absolute Gasteiger partial charge is 0.220 e. The molecule has 2 N–H and O–H groups in total. The first kappa shape index (κ1) is 16.2. The number of aryl methyl sites for hydroxylation is 2. The van der Waals surface area contributed by atoms with Crippen molar-refractivity contribution in [3.8, 4) is 0 Å². The quantitative estimate of drug-likeness (QED) is 0.722. The average Bonchev–Trinajstić information content (AvgIpc) is 3.05. The summed E-state index contributed by atoms with van der Waals surface area (Å²) in [6, 6.07) is 16.2. The predicted octanol–water partition coefficient (Wildman–Crippen LogP) is 3.94. The Hall–Kier alpha value is -2.62. The minimum Gasteiger partial charge on any atom is -0.346 e. The number of nitrogens with zero attached hydrogens (tertiary/aromatic N) is 1. The van der Waals surface area contributed by atoms with Gasteiger partial charge in [0.25, 0.3) is 0 Å². The molecule has 0 fully saturated rings. The van der Waals surface area contributed by atoms with Gasteiger partial charge in [-0.2, -0.15) is 0 Å². The highest BCUT2D eigenvalue weighted by atomic mass is 16.1. The molecule has 0 saturated heterocycles. The van der Waals surface area contributed by atoms with Crippen molar-refractivity contribution >= 4 is 16.9 Å². The van der Waals surface area contributed by atoms with E-state index in [1.165, 1.54) is 11.1 Å². The zero-order chi connectivity index (χ0) is 16.9. The van der Waals surface area contributed by atoms with E-state index in [1.54, 1.807) is 0 Å². The first-order chi connectivity index (χ1) is 11.7. The van der Waals surface area contributed by atoms with Crippen molar-refractivity contribution in [1.29, 1.82) is 0 Å². The minimum absolute atomic E-state index is 0.0440. The molecule has 0 aliphatic heterocycles. The molecule has 3 aromatic rings. The molecule has 0 radical (unpaired) electrons. The molecule has 2 aromatic carbocycles. The summed E-state index contributed by atoms with van der Waals surface area (Å²) in [4.78, 5) is 20.0. The van der Waals surface area contributed by atoms with Crippen LogP contribution in [-0.2, 0) is 17.6 Å². The van der Waals surface area contributed by atoms with Crippen molar-refractivity contribution in [3.05, 3.63) is 65.5 Å².